The van der Waals surface area contributed by atoms with Gasteiger partial charge in [0.05, 0.1) is 0 Å². The number of rotatable bonds is 6. The third-order valence-electron chi connectivity index (χ3n) is 5.23. The standard InChI is InChI=1S/C22H28ClN3O/c1-2-17-7-9-20(10-8-17)25-22(27)24-15-18-11-13-26(14-12-18)16-19-5-3-4-6-21(19)23/h3-10,18H,2,11-16H2,1H3,(H2,24,25,27). The lowest BCUT2D eigenvalue weighted by atomic mass is 9.96. The Labute approximate surface area is 166 Å². The molecule has 0 bridgehead atoms. The number of piperidine rings is 1. The van der Waals surface area contributed by atoms with Crippen LogP contribution in [0.2, 0.25) is 5.02 Å². The van der Waals surface area contributed by atoms with Gasteiger partial charge in [-0.15, -0.1) is 0 Å². The molecule has 0 atom stereocenters. The molecular weight excluding hydrogens is 358 g/mol. The van der Waals surface area contributed by atoms with Crippen LogP contribution < -0.4 is 10.6 Å². The first-order chi connectivity index (χ1) is 13.1. The van der Waals surface area contributed by atoms with Crippen LogP contribution in [-0.4, -0.2) is 30.6 Å². The Morgan fingerprint density at radius 1 is 1.11 bits per heavy atom. The number of likely N-dealkylation sites (tertiary alicyclic amines) is 1. The first kappa shape index (κ1) is 19.7. The number of aryl methyl sites for hydroxylation is 1. The number of amides is 2. The van der Waals surface area contributed by atoms with Crippen LogP contribution in [0.1, 0.15) is 30.9 Å². The summed E-state index contributed by atoms with van der Waals surface area (Å²) in [6.07, 6.45) is 3.19. The van der Waals surface area contributed by atoms with Crippen LogP contribution in [0.25, 0.3) is 0 Å². The molecule has 0 saturated carbocycles. The Kier molecular flexibility index (Phi) is 7.13. The zero-order valence-electron chi connectivity index (χ0n) is 15.9. The van der Waals surface area contributed by atoms with Crippen LogP contribution in [0.5, 0.6) is 0 Å². The fourth-order valence-corrected chi connectivity index (χ4v) is 3.65. The molecule has 0 spiro atoms. The van der Waals surface area contributed by atoms with Crippen molar-refractivity contribution in [2.45, 2.75) is 32.7 Å². The van der Waals surface area contributed by atoms with Gasteiger partial charge < -0.3 is 10.6 Å². The van der Waals surface area contributed by atoms with Crippen molar-refractivity contribution < 1.29 is 4.79 Å². The molecule has 27 heavy (non-hydrogen) atoms. The fraction of sp³-hybridized carbons (Fsp3) is 0.409. The van der Waals surface area contributed by atoms with Crippen molar-refractivity contribution in [2.24, 2.45) is 5.92 Å². The highest BCUT2D eigenvalue weighted by Crippen LogP contribution is 2.22. The zero-order chi connectivity index (χ0) is 19.1. The van der Waals surface area contributed by atoms with Crippen LogP contribution in [0, 0.1) is 5.92 Å². The number of carbonyl (C=O) groups excluding carboxylic acids is 1. The summed E-state index contributed by atoms with van der Waals surface area (Å²) < 4.78 is 0. The van der Waals surface area contributed by atoms with E-state index in [2.05, 4.69) is 28.5 Å². The number of carbonyl (C=O) groups is 1. The first-order valence-electron chi connectivity index (χ1n) is 9.73. The van der Waals surface area contributed by atoms with E-state index in [9.17, 15) is 4.79 Å². The topological polar surface area (TPSA) is 44.4 Å². The minimum atomic E-state index is -0.127. The van der Waals surface area contributed by atoms with E-state index >= 15 is 0 Å². The number of hydrogen-bond donors (Lipinski definition) is 2. The second-order valence-corrected chi connectivity index (χ2v) is 7.60. The smallest absolute Gasteiger partial charge is 0.319 e. The second kappa shape index (κ2) is 9.77. The van der Waals surface area contributed by atoms with Crippen LogP contribution in [-0.2, 0) is 13.0 Å². The van der Waals surface area contributed by atoms with E-state index in [0.29, 0.717) is 5.92 Å². The molecule has 3 rings (SSSR count). The van der Waals surface area contributed by atoms with E-state index in [1.165, 1.54) is 11.1 Å². The molecule has 1 aliphatic rings. The third-order valence-corrected chi connectivity index (χ3v) is 5.60. The maximum atomic E-state index is 12.1. The summed E-state index contributed by atoms with van der Waals surface area (Å²) in [7, 11) is 0. The monoisotopic (exact) mass is 385 g/mol. The summed E-state index contributed by atoms with van der Waals surface area (Å²) in [5, 5.41) is 6.76. The average Bonchev–Trinajstić information content (AvgIpc) is 2.70. The van der Waals surface area contributed by atoms with Crippen molar-refractivity contribution >= 4 is 23.3 Å². The lowest BCUT2D eigenvalue weighted by Gasteiger charge is -2.32. The van der Waals surface area contributed by atoms with E-state index in [-0.39, 0.29) is 6.03 Å². The van der Waals surface area contributed by atoms with Crippen molar-refractivity contribution in [1.29, 1.82) is 0 Å². The summed E-state index contributed by atoms with van der Waals surface area (Å²) in [4.78, 5) is 14.5. The molecule has 1 saturated heterocycles. The molecule has 0 aromatic heterocycles. The lowest BCUT2D eigenvalue weighted by Crippen LogP contribution is -2.39. The number of benzene rings is 2. The molecule has 0 unspecified atom stereocenters. The Balaban J connectivity index is 1.37. The van der Waals surface area contributed by atoms with Crippen LogP contribution in [0.3, 0.4) is 0 Å². The van der Waals surface area contributed by atoms with Gasteiger partial charge in [-0.05, 0) is 67.6 Å². The normalized spacial score (nSPS) is 15.5. The highest BCUT2D eigenvalue weighted by molar-refractivity contribution is 6.31. The number of hydrogen-bond acceptors (Lipinski definition) is 2. The van der Waals surface area contributed by atoms with Crippen LogP contribution in [0.15, 0.2) is 48.5 Å². The number of nitrogens with zero attached hydrogens (tertiary/aromatic N) is 1. The predicted molar refractivity (Wildman–Crippen MR) is 112 cm³/mol. The van der Waals surface area contributed by atoms with Crippen molar-refractivity contribution in [3.63, 3.8) is 0 Å². The van der Waals surface area contributed by atoms with Gasteiger partial charge in [0.1, 0.15) is 0 Å². The van der Waals surface area contributed by atoms with Crippen molar-refractivity contribution in [3.05, 3.63) is 64.7 Å². The first-order valence-corrected chi connectivity index (χ1v) is 10.1. The van der Waals surface area contributed by atoms with Gasteiger partial charge in [-0.2, -0.15) is 0 Å². The van der Waals surface area contributed by atoms with Gasteiger partial charge in [-0.3, -0.25) is 4.90 Å². The molecule has 1 aliphatic heterocycles. The maximum Gasteiger partial charge on any atom is 0.319 e. The molecule has 2 N–H and O–H groups in total. The summed E-state index contributed by atoms with van der Waals surface area (Å²) in [6, 6.07) is 15.9. The van der Waals surface area contributed by atoms with Gasteiger partial charge in [0.15, 0.2) is 0 Å². The molecule has 0 radical (unpaired) electrons. The predicted octanol–water partition coefficient (Wildman–Crippen LogP) is 4.94. The molecule has 2 aromatic carbocycles. The van der Waals surface area contributed by atoms with Crippen LogP contribution in [0.4, 0.5) is 10.5 Å². The molecule has 1 fully saturated rings. The lowest BCUT2D eigenvalue weighted by molar-refractivity contribution is 0.176. The summed E-state index contributed by atoms with van der Waals surface area (Å²) in [6.45, 7) is 5.82. The zero-order valence-corrected chi connectivity index (χ0v) is 16.6. The van der Waals surface area contributed by atoms with Crippen molar-refractivity contribution in [3.8, 4) is 0 Å². The molecule has 2 aromatic rings. The van der Waals surface area contributed by atoms with Gasteiger partial charge in [0.25, 0.3) is 0 Å². The Bertz CT molecular complexity index is 739. The van der Waals surface area contributed by atoms with E-state index in [4.69, 9.17) is 11.6 Å². The van der Waals surface area contributed by atoms with Gasteiger partial charge in [0.2, 0.25) is 0 Å². The summed E-state index contributed by atoms with van der Waals surface area (Å²) in [5.41, 5.74) is 3.29. The van der Waals surface area contributed by atoms with Gasteiger partial charge in [-0.1, -0.05) is 48.9 Å². The van der Waals surface area contributed by atoms with E-state index in [1.54, 1.807) is 0 Å². The Hall–Kier alpha value is -2.04. The van der Waals surface area contributed by atoms with Gasteiger partial charge in [0, 0.05) is 23.8 Å². The minimum absolute atomic E-state index is 0.127. The Morgan fingerprint density at radius 3 is 2.48 bits per heavy atom. The van der Waals surface area contributed by atoms with Gasteiger partial charge >= 0.3 is 6.03 Å². The van der Waals surface area contributed by atoms with E-state index in [0.717, 1.165) is 56.2 Å². The number of halogens is 1. The highest BCUT2D eigenvalue weighted by Gasteiger charge is 2.20. The van der Waals surface area contributed by atoms with Crippen molar-refractivity contribution in [2.75, 3.05) is 25.0 Å². The van der Waals surface area contributed by atoms with E-state index in [1.807, 2.05) is 42.5 Å². The SMILES string of the molecule is CCc1ccc(NC(=O)NCC2CCN(Cc3ccccc3Cl)CC2)cc1. The maximum absolute atomic E-state index is 12.1. The van der Waals surface area contributed by atoms with E-state index < -0.39 is 0 Å². The fourth-order valence-electron chi connectivity index (χ4n) is 3.45. The largest absolute Gasteiger partial charge is 0.338 e. The second-order valence-electron chi connectivity index (χ2n) is 7.20. The number of nitrogens with one attached hydrogen (secondary N) is 2. The molecule has 0 aliphatic carbocycles. The van der Waals surface area contributed by atoms with Gasteiger partial charge in [-0.25, -0.2) is 4.79 Å². The number of anilines is 1. The molecule has 2 amide bonds. The van der Waals surface area contributed by atoms with Crippen LogP contribution >= 0.6 is 11.6 Å². The average molecular weight is 386 g/mol. The molecule has 1 heterocycles. The highest BCUT2D eigenvalue weighted by atomic mass is 35.5. The molecule has 144 valence electrons. The Morgan fingerprint density at radius 2 is 1.81 bits per heavy atom. The number of urea groups is 1. The molecular formula is C22H28ClN3O. The summed E-state index contributed by atoms with van der Waals surface area (Å²) in [5.74, 6) is 0.528. The summed E-state index contributed by atoms with van der Waals surface area (Å²) >= 11 is 6.26. The molecule has 5 heteroatoms. The van der Waals surface area contributed by atoms with Crippen molar-refractivity contribution in [1.82, 2.24) is 10.2 Å². The minimum Gasteiger partial charge on any atom is -0.338 e. The third kappa shape index (κ3) is 5.98. The molecule has 4 nitrogen and oxygen atoms in total. The quantitative estimate of drug-likeness (QED) is 0.739.